The third-order valence-electron chi connectivity index (χ3n) is 4.35. The molecule has 0 spiro atoms. The summed E-state index contributed by atoms with van der Waals surface area (Å²) in [5.74, 6) is -0.105. The van der Waals surface area contributed by atoms with Crippen molar-refractivity contribution in [2.75, 3.05) is 25.1 Å². The molecule has 25 heavy (non-hydrogen) atoms. The van der Waals surface area contributed by atoms with E-state index < -0.39 is 10.0 Å². The van der Waals surface area contributed by atoms with E-state index in [-0.39, 0.29) is 29.5 Å². The zero-order chi connectivity index (χ0) is 18.6. The molecule has 3 N–H and O–H groups in total. The summed E-state index contributed by atoms with van der Waals surface area (Å²) in [6.07, 6.45) is 4.53. The summed E-state index contributed by atoms with van der Waals surface area (Å²) in [5, 5.41) is 2.81. The van der Waals surface area contributed by atoms with Crippen LogP contribution in [0.3, 0.4) is 0 Å². The van der Waals surface area contributed by atoms with Crippen molar-refractivity contribution in [2.45, 2.75) is 51.5 Å². The molecule has 1 aliphatic rings. The van der Waals surface area contributed by atoms with Gasteiger partial charge in [-0.15, -0.1) is 0 Å². The Labute approximate surface area is 149 Å². The summed E-state index contributed by atoms with van der Waals surface area (Å²) >= 11 is 0. The molecule has 8 nitrogen and oxygen atoms in total. The lowest BCUT2D eigenvalue weighted by atomic mass is 10.0. The summed E-state index contributed by atoms with van der Waals surface area (Å²) in [6.45, 7) is 4.87. The number of aromatic nitrogens is 2. The third kappa shape index (κ3) is 5.37. The lowest BCUT2D eigenvalue weighted by molar-refractivity contribution is 0.0944. The summed E-state index contributed by atoms with van der Waals surface area (Å²) in [4.78, 5) is 20.4. The first kappa shape index (κ1) is 19.6. The van der Waals surface area contributed by atoms with Crippen molar-refractivity contribution in [3.63, 3.8) is 0 Å². The van der Waals surface area contributed by atoms with E-state index in [2.05, 4.69) is 15.3 Å². The van der Waals surface area contributed by atoms with Crippen LogP contribution in [-0.4, -0.2) is 54.0 Å². The first-order valence-corrected chi connectivity index (χ1v) is 10.4. The van der Waals surface area contributed by atoms with Crippen molar-refractivity contribution in [2.24, 2.45) is 0 Å². The van der Waals surface area contributed by atoms with Crippen molar-refractivity contribution in [1.82, 2.24) is 19.6 Å². The second-order valence-corrected chi connectivity index (χ2v) is 8.69. The van der Waals surface area contributed by atoms with Crippen molar-refractivity contribution in [3.05, 3.63) is 17.5 Å². The molecule has 1 aromatic heterocycles. The standard InChI is InChI=1S/C16H27N5O3S/c1-11(2)13-10-14(20-16(17)19-13)15(22)18-8-7-12-6-4-5-9-21(12)25(3,23)24/h10-12H,4-9H2,1-3H3,(H,18,22)(H2,17,19,20). The molecule has 1 fully saturated rings. The molecule has 0 saturated carbocycles. The number of hydrogen-bond acceptors (Lipinski definition) is 6. The number of anilines is 1. The number of carbonyl (C=O) groups is 1. The van der Waals surface area contributed by atoms with Crippen molar-refractivity contribution in [1.29, 1.82) is 0 Å². The lowest BCUT2D eigenvalue weighted by Crippen LogP contribution is -2.44. The van der Waals surface area contributed by atoms with Gasteiger partial charge in [0.2, 0.25) is 16.0 Å². The normalized spacial score (nSPS) is 19.1. The van der Waals surface area contributed by atoms with E-state index in [1.165, 1.54) is 6.26 Å². The van der Waals surface area contributed by atoms with Crippen LogP contribution in [0.2, 0.25) is 0 Å². The summed E-state index contributed by atoms with van der Waals surface area (Å²) in [5.41, 5.74) is 6.62. The van der Waals surface area contributed by atoms with Crippen molar-refractivity contribution < 1.29 is 13.2 Å². The van der Waals surface area contributed by atoms with Crippen LogP contribution in [0.5, 0.6) is 0 Å². The fourth-order valence-electron chi connectivity index (χ4n) is 3.04. The number of carbonyl (C=O) groups excluding carboxylic acids is 1. The molecule has 0 bridgehead atoms. The molecule has 1 unspecified atom stereocenters. The molecule has 1 atom stereocenters. The minimum absolute atomic E-state index is 0.0641. The smallest absolute Gasteiger partial charge is 0.270 e. The summed E-state index contributed by atoms with van der Waals surface area (Å²) in [6, 6.07) is 1.57. The maximum absolute atomic E-state index is 12.3. The van der Waals surface area contributed by atoms with Gasteiger partial charge in [0.1, 0.15) is 5.69 Å². The molecule has 0 aliphatic carbocycles. The number of nitrogens with one attached hydrogen (secondary N) is 1. The predicted octanol–water partition coefficient (Wildman–Crippen LogP) is 1.12. The number of nitrogens with zero attached hydrogens (tertiary/aromatic N) is 3. The van der Waals surface area contributed by atoms with Gasteiger partial charge in [-0.25, -0.2) is 18.4 Å². The second-order valence-electron chi connectivity index (χ2n) is 6.76. The van der Waals surface area contributed by atoms with E-state index in [0.717, 1.165) is 19.3 Å². The van der Waals surface area contributed by atoms with Gasteiger partial charge in [-0.1, -0.05) is 20.3 Å². The monoisotopic (exact) mass is 369 g/mol. The molecule has 1 aliphatic heterocycles. The number of amides is 1. The molecule has 2 heterocycles. The molecule has 2 rings (SSSR count). The molecule has 0 radical (unpaired) electrons. The summed E-state index contributed by atoms with van der Waals surface area (Å²) in [7, 11) is -3.22. The fourth-order valence-corrected chi connectivity index (χ4v) is 4.25. The molecule has 1 saturated heterocycles. The molecule has 1 aromatic rings. The Kier molecular flexibility index (Phi) is 6.34. The first-order chi connectivity index (χ1) is 11.7. The highest BCUT2D eigenvalue weighted by atomic mass is 32.2. The fraction of sp³-hybridized carbons (Fsp3) is 0.688. The molecule has 1 amide bonds. The average molecular weight is 369 g/mol. The van der Waals surface area contributed by atoms with Gasteiger partial charge in [0, 0.05) is 24.8 Å². The van der Waals surface area contributed by atoms with Gasteiger partial charge in [-0.2, -0.15) is 4.31 Å². The number of sulfonamides is 1. The van der Waals surface area contributed by atoms with Crippen LogP contribution in [0.1, 0.15) is 61.6 Å². The lowest BCUT2D eigenvalue weighted by Gasteiger charge is -2.33. The van der Waals surface area contributed by atoms with Gasteiger partial charge < -0.3 is 11.1 Å². The Morgan fingerprint density at radius 2 is 2.12 bits per heavy atom. The van der Waals surface area contributed by atoms with E-state index in [1.54, 1.807) is 10.4 Å². The first-order valence-electron chi connectivity index (χ1n) is 8.58. The molecular weight excluding hydrogens is 342 g/mol. The van der Waals surface area contributed by atoms with Crippen LogP contribution < -0.4 is 11.1 Å². The highest BCUT2D eigenvalue weighted by molar-refractivity contribution is 7.88. The van der Waals surface area contributed by atoms with Gasteiger partial charge in [0.25, 0.3) is 5.91 Å². The van der Waals surface area contributed by atoms with Gasteiger partial charge in [-0.05, 0) is 31.2 Å². The van der Waals surface area contributed by atoms with Crippen LogP contribution in [0.25, 0.3) is 0 Å². The topological polar surface area (TPSA) is 118 Å². The third-order valence-corrected chi connectivity index (χ3v) is 5.68. The quantitative estimate of drug-likeness (QED) is 0.775. The zero-order valence-electron chi connectivity index (χ0n) is 15.0. The highest BCUT2D eigenvalue weighted by Gasteiger charge is 2.29. The Balaban J connectivity index is 1.96. The average Bonchev–Trinajstić information content (AvgIpc) is 2.53. The van der Waals surface area contributed by atoms with Gasteiger partial charge in [0.05, 0.1) is 6.26 Å². The number of nitrogen functional groups attached to an aromatic ring is 1. The largest absolute Gasteiger partial charge is 0.368 e. The van der Waals surface area contributed by atoms with Crippen LogP contribution >= 0.6 is 0 Å². The van der Waals surface area contributed by atoms with E-state index in [0.29, 0.717) is 25.2 Å². The Bertz CT molecular complexity index is 720. The van der Waals surface area contributed by atoms with Crippen molar-refractivity contribution >= 4 is 21.9 Å². The Hall–Kier alpha value is -1.74. The number of hydrogen-bond donors (Lipinski definition) is 2. The minimum Gasteiger partial charge on any atom is -0.368 e. The van der Waals surface area contributed by atoms with Crippen LogP contribution in [0, 0.1) is 0 Å². The highest BCUT2D eigenvalue weighted by Crippen LogP contribution is 2.22. The van der Waals surface area contributed by atoms with E-state index in [9.17, 15) is 13.2 Å². The van der Waals surface area contributed by atoms with Gasteiger partial charge >= 0.3 is 0 Å². The number of rotatable bonds is 6. The van der Waals surface area contributed by atoms with Gasteiger partial charge in [0.15, 0.2) is 0 Å². The molecule has 0 aromatic carbocycles. The maximum atomic E-state index is 12.3. The Morgan fingerprint density at radius 1 is 1.40 bits per heavy atom. The zero-order valence-corrected chi connectivity index (χ0v) is 15.8. The predicted molar refractivity (Wildman–Crippen MR) is 96.7 cm³/mol. The SMILES string of the molecule is CC(C)c1cc(C(=O)NCCC2CCCCN2S(C)(=O)=O)nc(N)n1. The molecule has 140 valence electrons. The molecule has 9 heteroatoms. The number of nitrogens with two attached hydrogens (primary N) is 1. The summed E-state index contributed by atoms with van der Waals surface area (Å²) < 4.78 is 25.3. The van der Waals surface area contributed by atoms with Crippen LogP contribution in [0.15, 0.2) is 6.07 Å². The molecular formula is C16H27N5O3S. The van der Waals surface area contributed by atoms with Crippen molar-refractivity contribution in [3.8, 4) is 0 Å². The van der Waals surface area contributed by atoms with Gasteiger partial charge in [-0.3, -0.25) is 4.79 Å². The number of piperidine rings is 1. The van der Waals surface area contributed by atoms with E-state index in [1.807, 2.05) is 13.8 Å². The minimum atomic E-state index is -3.22. The Morgan fingerprint density at radius 3 is 2.76 bits per heavy atom. The van der Waals surface area contributed by atoms with Crippen LogP contribution in [-0.2, 0) is 10.0 Å². The maximum Gasteiger partial charge on any atom is 0.270 e. The van der Waals surface area contributed by atoms with Crippen LogP contribution in [0.4, 0.5) is 5.95 Å². The van der Waals surface area contributed by atoms with E-state index >= 15 is 0 Å². The van der Waals surface area contributed by atoms with E-state index in [4.69, 9.17) is 5.73 Å². The second kappa shape index (κ2) is 8.09.